The van der Waals surface area contributed by atoms with Crippen LogP contribution in [0.15, 0.2) is 36.4 Å². The van der Waals surface area contributed by atoms with E-state index in [1.54, 1.807) is 44.4 Å². The molecule has 150 valence electrons. The third-order valence-corrected chi connectivity index (χ3v) is 4.96. The van der Waals surface area contributed by atoms with Gasteiger partial charge in [0.25, 0.3) is 5.91 Å². The second kappa shape index (κ2) is 10.5. The molecule has 1 heterocycles. The number of ether oxygens (including phenoxy) is 2. The fourth-order valence-electron chi connectivity index (χ4n) is 2.53. The normalized spacial score (nSPS) is 11.4. The van der Waals surface area contributed by atoms with Gasteiger partial charge in [-0.1, -0.05) is 12.1 Å². The molecule has 1 aromatic carbocycles. The number of nitrogens with one attached hydrogen (secondary N) is 2. The Kier molecular flexibility index (Phi) is 8.01. The van der Waals surface area contributed by atoms with Gasteiger partial charge < -0.3 is 20.1 Å². The molecular formula is C20H24N2O5S. The van der Waals surface area contributed by atoms with Crippen LogP contribution in [0.5, 0.6) is 5.75 Å². The fourth-order valence-corrected chi connectivity index (χ4v) is 3.38. The second-order valence-electron chi connectivity index (χ2n) is 5.99. The van der Waals surface area contributed by atoms with Crippen LogP contribution in [0.25, 0.3) is 0 Å². The lowest BCUT2D eigenvalue weighted by molar-refractivity contribution is -0.143. The highest BCUT2D eigenvalue weighted by Crippen LogP contribution is 2.24. The molecule has 2 rings (SSSR count). The third kappa shape index (κ3) is 6.38. The van der Waals surface area contributed by atoms with E-state index in [9.17, 15) is 14.4 Å². The smallest absolute Gasteiger partial charge is 0.308 e. The lowest BCUT2D eigenvalue weighted by Gasteiger charge is -2.19. The summed E-state index contributed by atoms with van der Waals surface area (Å²) >= 11 is 1.29. The highest BCUT2D eigenvalue weighted by atomic mass is 32.1. The molecule has 0 saturated heterocycles. The first kappa shape index (κ1) is 21.4. The van der Waals surface area contributed by atoms with Gasteiger partial charge in [0, 0.05) is 11.8 Å². The number of carbonyl (C=O) groups is 3. The van der Waals surface area contributed by atoms with Gasteiger partial charge in [-0.3, -0.25) is 14.4 Å². The van der Waals surface area contributed by atoms with E-state index in [1.807, 2.05) is 6.07 Å². The summed E-state index contributed by atoms with van der Waals surface area (Å²) in [5.74, 6) is -0.189. The van der Waals surface area contributed by atoms with Crippen molar-refractivity contribution in [2.24, 2.45) is 0 Å². The van der Waals surface area contributed by atoms with Crippen LogP contribution in [0.1, 0.15) is 46.4 Å². The van der Waals surface area contributed by atoms with E-state index >= 15 is 0 Å². The maximum Gasteiger partial charge on any atom is 0.308 e. The number of methoxy groups -OCH3 is 1. The van der Waals surface area contributed by atoms with Crippen molar-refractivity contribution in [3.8, 4) is 5.75 Å². The first-order valence-electron chi connectivity index (χ1n) is 8.86. The summed E-state index contributed by atoms with van der Waals surface area (Å²) in [6.45, 7) is 3.82. The van der Waals surface area contributed by atoms with Crippen LogP contribution >= 0.6 is 11.3 Å². The molecule has 7 nitrogen and oxygen atoms in total. The van der Waals surface area contributed by atoms with Crippen LogP contribution in [-0.4, -0.2) is 31.5 Å². The topological polar surface area (TPSA) is 93.7 Å². The van der Waals surface area contributed by atoms with Crippen LogP contribution in [0.2, 0.25) is 0 Å². The van der Waals surface area contributed by atoms with Crippen LogP contribution in [0, 0.1) is 0 Å². The van der Waals surface area contributed by atoms with Crippen molar-refractivity contribution in [3.63, 3.8) is 0 Å². The molecule has 2 aromatic rings. The Labute approximate surface area is 168 Å². The summed E-state index contributed by atoms with van der Waals surface area (Å²) in [5, 5.41) is 5.59. The molecule has 8 heteroatoms. The monoisotopic (exact) mass is 404 g/mol. The fraction of sp³-hybridized carbons (Fsp3) is 0.350. The van der Waals surface area contributed by atoms with Crippen LogP contribution in [-0.2, 0) is 20.9 Å². The van der Waals surface area contributed by atoms with E-state index in [1.165, 1.54) is 18.3 Å². The first-order valence-corrected chi connectivity index (χ1v) is 9.68. The minimum Gasteiger partial charge on any atom is -0.497 e. The zero-order chi connectivity index (χ0) is 20.5. The lowest BCUT2D eigenvalue weighted by atomic mass is 10.0. The van der Waals surface area contributed by atoms with Crippen molar-refractivity contribution < 1.29 is 23.9 Å². The summed E-state index contributed by atoms with van der Waals surface area (Å²) in [7, 11) is 1.56. The zero-order valence-electron chi connectivity index (χ0n) is 16.1. The highest BCUT2D eigenvalue weighted by molar-refractivity contribution is 7.14. The van der Waals surface area contributed by atoms with E-state index in [4.69, 9.17) is 9.47 Å². The maximum absolute atomic E-state index is 12.7. The van der Waals surface area contributed by atoms with Gasteiger partial charge in [-0.25, -0.2) is 0 Å². The molecule has 0 aliphatic heterocycles. The van der Waals surface area contributed by atoms with Gasteiger partial charge in [0.1, 0.15) is 5.75 Å². The van der Waals surface area contributed by atoms with E-state index in [-0.39, 0.29) is 24.8 Å². The number of carbonyl (C=O) groups excluding carboxylic acids is 3. The van der Waals surface area contributed by atoms with Gasteiger partial charge in [-0.05, 0) is 36.8 Å². The van der Waals surface area contributed by atoms with E-state index in [0.717, 1.165) is 10.4 Å². The molecular weight excluding hydrogens is 380 g/mol. The molecule has 0 radical (unpaired) electrons. The molecule has 0 spiro atoms. The molecule has 0 aliphatic carbocycles. The van der Waals surface area contributed by atoms with Crippen molar-refractivity contribution in [2.75, 3.05) is 13.7 Å². The van der Waals surface area contributed by atoms with E-state index < -0.39 is 12.0 Å². The SMILES string of the molecule is CCOC(=O)CC(NC(=O)c1ccc(CNC(C)=O)s1)c1cccc(OC)c1. The molecule has 0 saturated carbocycles. The minimum atomic E-state index is -0.553. The molecule has 2 N–H and O–H groups in total. The van der Waals surface area contributed by atoms with E-state index in [0.29, 0.717) is 17.2 Å². The Morgan fingerprint density at radius 3 is 2.64 bits per heavy atom. The number of esters is 1. The van der Waals surface area contributed by atoms with Crippen molar-refractivity contribution in [1.82, 2.24) is 10.6 Å². The van der Waals surface area contributed by atoms with Gasteiger partial charge in [-0.15, -0.1) is 11.3 Å². The predicted octanol–water partition coefficient (Wildman–Crippen LogP) is 2.82. The number of thiophene rings is 1. The quantitative estimate of drug-likeness (QED) is 0.627. The molecule has 28 heavy (non-hydrogen) atoms. The Morgan fingerprint density at radius 1 is 1.18 bits per heavy atom. The maximum atomic E-state index is 12.7. The molecule has 0 fully saturated rings. The number of benzene rings is 1. The molecule has 1 atom stereocenters. The highest BCUT2D eigenvalue weighted by Gasteiger charge is 2.21. The second-order valence-corrected chi connectivity index (χ2v) is 7.16. The largest absolute Gasteiger partial charge is 0.497 e. The van der Waals surface area contributed by atoms with Crippen molar-refractivity contribution >= 4 is 29.1 Å². The summed E-state index contributed by atoms with van der Waals surface area (Å²) in [6.07, 6.45) is 0.0108. The van der Waals surface area contributed by atoms with Gasteiger partial charge in [0.2, 0.25) is 5.91 Å². The Hall–Kier alpha value is -2.87. The third-order valence-electron chi connectivity index (χ3n) is 3.87. The number of hydrogen-bond acceptors (Lipinski definition) is 6. The molecule has 0 bridgehead atoms. The van der Waals surface area contributed by atoms with Crippen LogP contribution in [0.3, 0.4) is 0 Å². The van der Waals surface area contributed by atoms with Crippen molar-refractivity contribution in [1.29, 1.82) is 0 Å². The lowest BCUT2D eigenvalue weighted by Crippen LogP contribution is -2.30. The zero-order valence-corrected chi connectivity index (χ0v) is 16.9. The van der Waals surface area contributed by atoms with Gasteiger partial charge in [0.15, 0.2) is 0 Å². The number of rotatable bonds is 9. The van der Waals surface area contributed by atoms with Crippen LogP contribution < -0.4 is 15.4 Å². The van der Waals surface area contributed by atoms with Crippen molar-refractivity contribution in [3.05, 3.63) is 51.7 Å². The van der Waals surface area contributed by atoms with Crippen molar-refractivity contribution in [2.45, 2.75) is 32.9 Å². The molecule has 1 unspecified atom stereocenters. The number of amides is 2. The average Bonchev–Trinajstić information content (AvgIpc) is 3.15. The molecule has 0 aliphatic rings. The van der Waals surface area contributed by atoms with Gasteiger partial charge >= 0.3 is 5.97 Å². The van der Waals surface area contributed by atoms with Gasteiger partial charge in [-0.2, -0.15) is 0 Å². The summed E-state index contributed by atoms with van der Waals surface area (Å²) in [4.78, 5) is 37.1. The first-order chi connectivity index (χ1) is 13.4. The Morgan fingerprint density at radius 2 is 1.96 bits per heavy atom. The van der Waals surface area contributed by atoms with Crippen LogP contribution in [0.4, 0.5) is 0 Å². The standard InChI is InChI=1S/C20H24N2O5S/c1-4-27-19(24)11-17(14-6-5-7-15(10-14)26-3)22-20(25)18-9-8-16(28-18)12-21-13(2)23/h5-10,17H,4,11-12H2,1-3H3,(H,21,23)(H,22,25). The summed E-state index contributed by atoms with van der Waals surface area (Å²) < 4.78 is 10.3. The average molecular weight is 404 g/mol. The van der Waals surface area contributed by atoms with Gasteiger partial charge in [0.05, 0.1) is 37.6 Å². The van der Waals surface area contributed by atoms with E-state index in [2.05, 4.69) is 10.6 Å². The number of hydrogen-bond donors (Lipinski definition) is 2. The summed E-state index contributed by atoms with van der Waals surface area (Å²) in [6, 6.07) is 10.1. The predicted molar refractivity (Wildman–Crippen MR) is 106 cm³/mol. The molecule has 1 aromatic heterocycles. The minimum absolute atomic E-state index is 0.0108. The Balaban J connectivity index is 2.15. The Bertz CT molecular complexity index is 834. The molecule has 2 amide bonds. The summed E-state index contributed by atoms with van der Waals surface area (Å²) in [5.41, 5.74) is 0.746.